The van der Waals surface area contributed by atoms with Crippen molar-refractivity contribution >= 4 is 0 Å². The van der Waals surface area contributed by atoms with Gasteiger partial charge in [0.25, 0.3) is 0 Å². The number of hydrogen-bond acceptors (Lipinski definition) is 5. The minimum Gasteiger partial charge on any atom is -0.339 e. The fraction of sp³-hybridized carbons (Fsp3) is 0.833. The van der Waals surface area contributed by atoms with E-state index in [2.05, 4.69) is 20.8 Å². The second kappa shape index (κ2) is 6.71. The molecule has 2 rings (SSSR count). The molecule has 0 amide bonds. The Hall–Kier alpha value is -0.940. The lowest BCUT2D eigenvalue weighted by molar-refractivity contribution is 0.346. The Balaban J connectivity index is 1.76. The Morgan fingerprint density at radius 1 is 1.41 bits per heavy atom. The summed E-state index contributed by atoms with van der Waals surface area (Å²) in [5, 5.41) is 10.5. The molecule has 1 aromatic rings. The van der Waals surface area contributed by atoms with E-state index in [1.54, 1.807) is 0 Å². The molecule has 0 unspecified atom stereocenters. The van der Waals surface area contributed by atoms with Crippen molar-refractivity contribution in [3.8, 4) is 0 Å². The molecular formula is C12H22N4O. The third kappa shape index (κ3) is 4.09. The van der Waals surface area contributed by atoms with Crippen LogP contribution in [0.25, 0.3) is 0 Å². The average Bonchev–Trinajstić information content (AvgIpc) is 2.79. The van der Waals surface area contributed by atoms with Gasteiger partial charge in [0.2, 0.25) is 5.89 Å². The van der Waals surface area contributed by atoms with E-state index in [-0.39, 0.29) is 0 Å². The molecular weight excluding hydrogens is 216 g/mol. The van der Waals surface area contributed by atoms with Gasteiger partial charge < -0.3 is 15.2 Å². The van der Waals surface area contributed by atoms with Crippen molar-refractivity contribution < 1.29 is 4.52 Å². The molecule has 0 saturated carbocycles. The molecule has 1 fully saturated rings. The van der Waals surface area contributed by atoms with Crippen LogP contribution in [0.4, 0.5) is 0 Å². The second-order valence-corrected chi connectivity index (χ2v) is 4.71. The van der Waals surface area contributed by atoms with Gasteiger partial charge in [-0.1, -0.05) is 5.16 Å². The normalized spacial score (nSPS) is 17.5. The highest BCUT2D eigenvalue weighted by Gasteiger charge is 2.16. The molecule has 96 valence electrons. The van der Waals surface area contributed by atoms with Gasteiger partial charge in [-0.15, -0.1) is 0 Å². The summed E-state index contributed by atoms with van der Waals surface area (Å²) in [5.41, 5.74) is 0. The van der Waals surface area contributed by atoms with E-state index in [1.807, 2.05) is 7.05 Å². The van der Waals surface area contributed by atoms with Gasteiger partial charge in [-0.2, -0.15) is 4.98 Å². The number of nitrogens with one attached hydrogen (secondary N) is 2. The Bertz CT molecular complexity index is 320. The minimum absolute atomic E-state index is 0.721. The van der Waals surface area contributed by atoms with Gasteiger partial charge in [0.15, 0.2) is 5.82 Å². The van der Waals surface area contributed by atoms with Crippen molar-refractivity contribution in [3.63, 3.8) is 0 Å². The lowest BCUT2D eigenvalue weighted by Gasteiger charge is -2.20. The zero-order chi connectivity index (χ0) is 11.9. The lowest BCUT2D eigenvalue weighted by atomic mass is 9.94. The molecule has 5 nitrogen and oxygen atoms in total. The molecule has 1 aliphatic heterocycles. The monoisotopic (exact) mass is 238 g/mol. The third-order valence-corrected chi connectivity index (χ3v) is 3.26. The molecule has 0 aromatic carbocycles. The summed E-state index contributed by atoms with van der Waals surface area (Å²) in [4.78, 5) is 4.45. The third-order valence-electron chi connectivity index (χ3n) is 3.26. The molecule has 0 aliphatic carbocycles. The van der Waals surface area contributed by atoms with E-state index in [4.69, 9.17) is 4.52 Å². The fourth-order valence-electron chi connectivity index (χ4n) is 2.24. The Morgan fingerprint density at radius 3 is 3.00 bits per heavy atom. The standard InChI is InChI=1S/C12H22N4O/c1-13-6-2-3-12-15-11(16-17-12)9-10-4-7-14-8-5-10/h10,13-14H,2-9H2,1H3. The van der Waals surface area contributed by atoms with Gasteiger partial charge in [-0.3, -0.25) is 0 Å². The predicted octanol–water partition coefficient (Wildman–Crippen LogP) is 0.764. The van der Waals surface area contributed by atoms with Crippen LogP contribution in [0, 0.1) is 5.92 Å². The first-order chi connectivity index (χ1) is 8.38. The van der Waals surface area contributed by atoms with Gasteiger partial charge in [-0.05, 0) is 51.9 Å². The van der Waals surface area contributed by atoms with Crippen LogP contribution in [-0.4, -0.2) is 36.8 Å². The highest BCUT2D eigenvalue weighted by molar-refractivity contribution is 4.89. The first-order valence-electron chi connectivity index (χ1n) is 6.55. The molecule has 1 aromatic heterocycles. The quantitative estimate of drug-likeness (QED) is 0.717. The second-order valence-electron chi connectivity index (χ2n) is 4.71. The Morgan fingerprint density at radius 2 is 2.24 bits per heavy atom. The summed E-state index contributed by atoms with van der Waals surface area (Å²) in [5.74, 6) is 2.39. The number of piperidine rings is 1. The SMILES string of the molecule is CNCCCc1nc(CC2CCNCC2)no1. The van der Waals surface area contributed by atoms with E-state index < -0.39 is 0 Å². The molecule has 1 aliphatic rings. The smallest absolute Gasteiger partial charge is 0.226 e. The predicted molar refractivity (Wildman–Crippen MR) is 65.8 cm³/mol. The van der Waals surface area contributed by atoms with Crippen molar-refractivity contribution in [3.05, 3.63) is 11.7 Å². The maximum absolute atomic E-state index is 5.25. The van der Waals surface area contributed by atoms with Gasteiger partial charge in [0, 0.05) is 12.8 Å². The van der Waals surface area contributed by atoms with Crippen molar-refractivity contribution in [1.82, 2.24) is 20.8 Å². The van der Waals surface area contributed by atoms with E-state index in [1.165, 1.54) is 12.8 Å². The van der Waals surface area contributed by atoms with E-state index in [0.717, 1.165) is 56.5 Å². The maximum atomic E-state index is 5.25. The van der Waals surface area contributed by atoms with Crippen LogP contribution < -0.4 is 10.6 Å². The Kier molecular flexibility index (Phi) is 4.94. The van der Waals surface area contributed by atoms with Crippen molar-refractivity contribution in [2.45, 2.75) is 32.1 Å². The van der Waals surface area contributed by atoms with E-state index in [0.29, 0.717) is 0 Å². The van der Waals surface area contributed by atoms with Gasteiger partial charge in [0.05, 0.1) is 0 Å². The topological polar surface area (TPSA) is 63.0 Å². The van der Waals surface area contributed by atoms with Crippen LogP contribution >= 0.6 is 0 Å². The molecule has 17 heavy (non-hydrogen) atoms. The summed E-state index contributed by atoms with van der Waals surface area (Å²) in [6.45, 7) is 3.24. The molecule has 5 heteroatoms. The molecule has 0 atom stereocenters. The van der Waals surface area contributed by atoms with Crippen LogP contribution in [0.3, 0.4) is 0 Å². The maximum Gasteiger partial charge on any atom is 0.226 e. The highest BCUT2D eigenvalue weighted by Crippen LogP contribution is 2.16. The molecule has 0 radical (unpaired) electrons. The largest absolute Gasteiger partial charge is 0.339 e. The van der Waals surface area contributed by atoms with Crippen LogP contribution in [0.15, 0.2) is 4.52 Å². The number of aromatic nitrogens is 2. The van der Waals surface area contributed by atoms with Crippen LogP contribution in [0.1, 0.15) is 31.0 Å². The highest BCUT2D eigenvalue weighted by atomic mass is 16.5. The first-order valence-corrected chi connectivity index (χ1v) is 6.55. The van der Waals surface area contributed by atoms with Crippen molar-refractivity contribution in [1.29, 1.82) is 0 Å². The van der Waals surface area contributed by atoms with Crippen molar-refractivity contribution in [2.24, 2.45) is 5.92 Å². The van der Waals surface area contributed by atoms with Crippen LogP contribution in [0.2, 0.25) is 0 Å². The molecule has 0 spiro atoms. The number of hydrogen-bond donors (Lipinski definition) is 2. The van der Waals surface area contributed by atoms with E-state index in [9.17, 15) is 0 Å². The average molecular weight is 238 g/mol. The number of aryl methyl sites for hydroxylation is 1. The van der Waals surface area contributed by atoms with E-state index >= 15 is 0 Å². The number of rotatable bonds is 6. The molecule has 2 N–H and O–H groups in total. The van der Waals surface area contributed by atoms with Crippen LogP contribution in [-0.2, 0) is 12.8 Å². The van der Waals surface area contributed by atoms with Gasteiger partial charge in [-0.25, -0.2) is 0 Å². The first kappa shape index (κ1) is 12.5. The number of nitrogens with zero attached hydrogens (tertiary/aromatic N) is 2. The summed E-state index contributed by atoms with van der Waals surface area (Å²) in [6, 6.07) is 0. The van der Waals surface area contributed by atoms with Gasteiger partial charge >= 0.3 is 0 Å². The molecule has 0 bridgehead atoms. The Labute approximate surface area is 102 Å². The molecule has 2 heterocycles. The summed E-state index contributed by atoms with van der Waals surface area (Å²) in [7, 11) is 1.95. The zero-order valence-corrected chi connectivity index (χ0v) is 10.5. The van der Waals surface area contributed by atoms with Crippen LogP contribution in [0.5, 0.6) is 0 Å². The fourth-order valence-corrected chi connectivity index (χ4v) is 2.24. The lowest BCUT2D eigenvalue weighted by Crippen LogP contribution is -2.28. The summed E-state index contributed by atoms with van der Waals surface area (Å²) >= 11 is 0. The summed E-state index contributed by atoms with van der Waals surface area (Å²) < 4.78 is 5.25. The summed E-state index contributed by atoms with van der Waals surface area (Å²) in [6.07, 6.45) is 5.34. The van der Waals surface area contributed by atoms with Crippen molar-refractivity contribution in [2.75, 3.05) is 26.7 Å². The zero-order valence-electron chi connectivity index (χ0n) is 10.5. The molecule has 1 saturated heterocycles. The minimum atomic E-state index is 0.721. The van der Waals surface area contributed by atoms with Gasteiger partial charge in [0.1, 0.15) is 0 Å².